The number of carbonyl (C=O) groups excluding carboxylic acids is 1. The van der Waals surface area contributed by atoms with E-state index >= 15 is 0 Å². The Balaban J connectivity index is 1.98. The molecule has 0 aliphatic heterocycles. The third-order valence-corrected chi connectivity index (χ3v) is 3.74. The van der Waals surface area contributed by atoms with Crippen molar-refractivity contribution in [2.45, 2.75) is 12.5 Å². The first-order valence-electron chi connectivity index (χ1n) is 6.99. The Labute approximate surface area is 138 Å². The van der Waals surface area contributed by atoms with Crippen molar-refractivity contribution in [3.63, 3.8) is 0 Å². The van der Waals surface area contributed by atoms with Gasteiger partial charge in [-0.05, 0) is 29.8 Å². The third kappa shape index (κ3) is 4.74. The van der Waals surface area contributed by atoms with E-state index in [1.54, 1.807) is 12.1 Å². The first-order chi connectivity index (χ1) is 11.0. The van der Waals surface area contributed by atoms with Crippen LogP contribution in [0.2, 0.25) is 5.02 Å². The van der Waals surface area contributed by atoms with E-state index in [0.29, 0.717) is 5.56 Å². The Morgan fingerprint density at radius 2 is 2.00 bits per heavy atom. The summed E-state index contributed by atoms with van der Waals surface area (Å²) in [5.74, 6) is -1.30. The molecule has 0 saturated carbocycles. The van der Waals surface area contributed by atoms with Crippen LogP contribution < -0.4 is 5.32 Å². The van der Waals surface area contributed by atoms with E-state index in [0.717, 1.165) is 0 Å². The first kappa shape index (κ1) is 17.4. The van der Waals surface area contributed by atoms with E-state index in [9.17, 15) is 13.6 Å². The van der Waals surface area contributed by atoms with Crippen molar-refractivity contribution in [2.24, 2.45) is 0 Å². The largest absolute Gasteiger partial charge is 0.375 e. The van der Waals surface area contributed by atoms with Crippen LogP contribution in [0.25, 0.3) is 0 Å². The maximum Gasteiger partial charge on any atom is 0.224 e. The molecule has 0 spiro atoms. The van der Waals surface area contributed by atoms with Crippen molar-refractivity contribution in [2.75, 3.05) is 13.7 Å². The monoisotopic (exact) mass is 339 g/mol. The molecule has 0 bridgehead atoms. The highest BCUT2D eigenvalue weighted by Crippen LogP contribution is 2.20. The lowest BCUT2D eigenvalue weighted by molar-refractivity contribution is -0.121. The first-order valence-corrected chi connectivity index (χ1v) is 7.37. The molecule has 0 aliphatic rings. The Bertz CT molecular complexity index is 674. The lowest BCUT2D eigenvalue weighted by Crippen LogP contribution is -2.30. The molecule has 0 fully saturated rings. The van der Waals surface area contributed by atoms with E-state index in [4.69, 9.17) is 16.3 Å². The van der Waals surface area contributed by atoms with Crippen LogP contribution in [-0.2, 0) is 16.0 Å². The number of amides is 1. The fourth-order valence-corrected chi connectivity index (χ4v) is 2.40. The van der Waals surface area contributed by atoms with E-state index in [1.165, 1.54) is 37.4 Å². The molecule has 0 heterocycles. The lowest BCUT2D eigenvalue weighted by atomic mass is 10.1. The van der Waals surface area contributed by atoms with Crippen molar-refractivity contribution in [1.29, 1.82) is 0 Å². The van der Waals surface area contributed by atoms with Crippen LogP contribution in [0.1, 0.15) is 17.2 Å². The standard InChI is InChI=1S/C17H16ClF2NO2/c1-23-16(11-4-2-5-12(19)8-11)10-21-17(22)9-13-14(18)6-3-7-15(13)20/h2-8,16H,9-10H2,1H3,(H,21,22). The average Bonchev–Trinajstić information content (AvgIpc) is 2.52. The summed E-state index contributed by atoms with van der Waals surface area (Å²) in [6.07, 6.45) is -0.670. The van der Waals surface area contributed by atoms with Gasteiger partial charge in [-0.3, -0.25) is 4.79 Å². The van der Waals surface area contributed by atoms with Gasteiger partial charge in [0.2, 0.25) is 5.91 Å². The number of benzene rings is 2. The van der Waals surface area contributed by atoms with Crippen LogP contribution in [0.4, 0.5) is 8.78 Å². The molecule has 1 unspecified atom stereocenters. The summed E-state index contributed by atoms with van der Waals surface area (Å²) in [5.41, 5.74) is 0.753. The number of methoxy groups -OCH3 is 1. The van der Waals surface area contributed by atoms with Crippen LogP contribution in [0.15, 0.2) is 42.5 Å². The van der Waals surface area contributed by atoms with Crippen LogP contribution in [0.5, 0.6) is 0 Å². The molecule has 2 aromatic carbocycles. The molecule has 23 heavy (non-hydrogen) atoms. The quantitative estimate of drug-likeness (QED) is 0.872. The SMILES string of the molecule is COC(CNC(=O)Cc1c(F)cccc1Cl)c1cccc(F)c1. The number of hydrogen-bond donors (Lipinski definition) is 1. The highest BCUT2D eigenvalue weighted by Gasteiger charge is 2.15. The van der Waals surface area contributed by atoms with Gasteiger partial charge in [-0.15, -0.1) is 0 Å². The van der Waals surface area contributed by atoms with Gasteiger partial charge in [0, 0.05) is 24.2 Å². The molecule has 6 heteroatoms. The molecule has 3 nitrogen and oxygen atoms in total. The van der Waals surface area contributed by atoms with Crippen LogP contribution in [-0.4, -0.2) is 19.6 Å². The topological polar surface area (TPSA) is 38.3 Å². The number of carbonyl (C=O) groups is 1. The molecule has 1 amide bonds. The Kier molecular flexibility index (Phi) is 6.07. The van der Waals surface area contributed by atoms with Crippen LogP contribution in [0, 0.1) is 11.6 Å². The Hall–Kier alpha value is -1.98. The summed E-state index contributed by atoms with van der Waals surface area (Å²) >= 11 is 5.89. The fourth-order valence-electron chi connectivity index (χ4n) is 2.17. The molecule has 1 atom stereocenters. The van der Waals surface area contributed by atoms with Crippen LogP contribution in [0.3, 0.4) is 0 Å². The number of halogens is 3. The van der Waals surface area contributed by atoms with E-state index in [2.05, 4.69) is 5.32 Å². The zero-order valence-corrected chi connectivity index (χ0v) is 13.2. The third-order valence-electron chi connectivity index (χ3n) is 3.39. The van der Waals surface area contributed by atoms with Gasteiger partial charge in [0.15, 0.2) is 0 Å². The average molecular weight is 340 g/mol. The van der Waals surface area contributed by atoms with Gasteiger partial charge in [-0.25, -0.2) is 8.78 Å². The summed E-state index contributed by atoms with van der Waals surface area (Å²) in [6.45, 7) is 0.144. The van der Waals surface area contributed by atoms with Gasteiger partial charge in [-0.1, -0.05) is 29.8 Å². The summed E-state index contributed by atoms with van der Waals surface area (Å²) in [4.78, 5) is 12.0. The minimum Gasteiger partial charge on any atom is -0.375 e. The maximum atomic E-state index is 13.7. The zero-order chi connectivity index (χ0) is 16.8. The number of hydrogen-bond acceptors (Lipinski definition) is 2. The summed E-state index contributed by atoms with van der Waals surface area (Å²) in [7, 11) is 1.47. The van der Waals surface area contributed by atoms with E-state index < -0.39 is 17.8 Å². The molecule has 0 aliphatic carbocycles. The van der Waals surface area contributed by atoms with Crippen molar-refractivity contribution in [3.05, 3.63) is 70.2 Å². The van der Waals surface area contributed by atoms with Crippen LogP contribution >= 0.6 is 11.6 Å². The number of nitrogens with one attached hydrogen (secondary N) is 1. The highest BCUT2D eigenvalue weighted by atomic mass is 35.5. The smallest absolute Gasteiger partial charge is 0.224 e. The van der Waals surface area contributed by atoms with Crippen molar-refractivity contribution in [3.8, 4) is 0 Å². The summed E-state index contributed by atoms with van der Waals surface area (Å²) < 4.78 is 32.2. The molecule has 2 rings (SSSR count). The van der Waals surface area contributed by atoms with E-state index in [1.807, 2.05) is 0 Å². The molecule has 0 saturated heterocycles. The number of ether oxygens (including phenoxy) is 1. The van der Waals surface area contributed by atoms with Crippen molar-refractivity contribution in [1.82, 2.24) is 5.32 Å². The fraction of sp³-hybridized carbons (Fsp3) is 0.235. The van der Waals surface area contributed by atoms with Gasteiger partial charge in [0.25, 0.3) is 0 Å². The van der Waals surface area contributed by atoms with Crippen molar-refractivity contribution < 1.29 is 18.3 Å². The predicted octanol–water partition coefficient (Wildman–Crippen LogP) is 3.66. The normalized spacial score (nSPS) is 12.0. The summed E-state index contributed by atoms with van der Waals surface area (Å²) in [5, 5.41) is 2.85. The predicted molar refractivity (Wildman–Crippen MR) is 84.3 cm³/mol. The highest BCUT2D eigenvalue weighted by molar-refractivity contribution is 6.31. The maximum absolute atomic E-state index is 13.7. The molecule has 0 radical (unpaired) electrons. The second-order valence-electron chi connectivity index (χ2n) is 4.96. The van der Waals surface area contributed by atoms with Gasteiger partial charge in [0.1, 0.15) is 11.6 Å². The minimum atomic E-state index is -0.527. The van der Waals surface area contributed by atoms with Gasteiger partial charge in [0.05, 0.1) is 12.5 Å². The molecule has 0 aromatic heterocycles. The minimum absolute atomic E-state index is 0.144. The van der Waals surface area contributed by atoms with Crippen molar-refractivity contribution >= 4 is 17.5 Å². The second-order valence-corrected chi connectivity index (χ2v) is 5.37. The second kappa shape index (κ2) is 8.04. The molecular formula is C17H16ClF2NO2. The zero-order valence-electron chi connectivity index (χ0n) is 12.5. The molecular weight excluding hydrogens is 324 g/mol. The molecule has 122 valence electrons. The van der Waals surface area contributed by atoms with E-state index in [-0.39, 0.29) is 29.4 Å². The number of rotatable bonds is 6. The molecule has 2 aromatic rings. The Morgan fingerprint density at radius 3 is 2.65 bits per heavy atom. The summed E-state index contributed by atoms with van der Waals surface area (Å²) in [6, 6.07) is 10.2. The molecule has 1 N–H and O–H groups in total. The lowest BCUT2D eigenvalue weighted by Gasteiger charge is -2.17. The van der Waals surface area contributed by atoms with Gasteiger partial charge < -0.3 is 10.1 Å². The van der Waals surface area contributed by atoms with Gasteiger partial charge in [-0.2, -0.15) is 0 Å². The van der Waals surface area contributed by atoms with Gasteiger partial charge >= 0.3 is 0 Å². The Morgan fingerprint density at radius 1 is 1.26 bits per heavy atom.